The van der Waals surface area contributed by atoms with Crippen LogP contribution in [0.1, 0.15) is 146 Å². The van der Waals surface area contributed by atoms with Gasteiger partial charge in [0.25, 0.3) is 0 Å². The molecule has 5 atom stereocenters. The number of nitriles is 2. The van der Waals surface area contributed by atoms with E-state index in [1.165, 1.54) is 110 Å². The van der Waals surface area contributed by atoms with E-state index in [0.29, 0.717) is 34.7 Å². The molecule has 0 radical (unpaired) electrons. The molecule has 0 aliphatic carbocycles. The first-order valence-electron chi connectivity index (χ1n) is 24.4. The van der Waals surface area contributed by atoms with E-state index >= 15 is 0 Å². The van der Waals surface area contributed by atoms with Crippen LogP contribution in [0.15, 0.2) is 60.9 Å². The Bertz CT molecular complexity index is 2300. The third-order valence-corrected chi connectivity index (χ3v) is 13.8. The number of aromatic nitrogens is 3. The van der Waals surface area contributed by atoms with Crippen molar-refractivity contribution < 1.29 is 46.6 Å². The molecule has 2 aromatic carbocycles. The standard InChI is InChI=1S/C51H72ClN6O10P/c1-6-7-8-9-10-11-12-13-14-15-16-17-18-19-20-23-30-62-34-41(63-33-39-26-29-45(60-4)40(31-39)32-53)35-64-69(59,68-46-25-22-21-24-42(46)52)65-37-51(36-54,61-5)48-47(66-50(2,3)67-48)43-27-28-44-49(55)56-38-57-58(43)44/h21-22,24-29,31,38,41,47-48H,6-20,23,30,33-35,37H2,1-5H3,(H2,55,56,57)/t41-,47+,48+,51-,69?/m1/s1. The molecule has 2 N–H and O–H groups in total. The van der Waals surface area contributed by atoms with E-state index in [-0.39, 0.29) is 36.4 Å². The van der Waals surface area contributed by atoms with Gasteiger partial charge in [-0.2, -0.15) is 15.6 Å². The fourth-order valence-electron chi connectivity index (χ4n) is 8.24. The number of nitrogen functional groups attached to an aromatic ring is 1. The maximum atomic E-state index is 14.9. The Labute approximate surface area is 413 Å². The molecule has 3 heterocycles. The number of halogens is 1. The van der Waals surface area contributed by atoms with E-state index < -0.39 is 44.1 Å². The van der Waals surface area contributed by atoms with Gasteiger partial charge in [-0.25, -0.2) is 14.1 Å². The summed E-state index contributed by atoms with van der Waals surface area (Å²) in [6.45, 7) is 5.28. The van der Waals surface area contributed by atoms with Gasteiger partial charge in [-0.1, -0.05) is 133 Å². The number of hydrogen-bond acceptors (Lipinski definition) is 15. The molecule has 378 valence electrons. The molecule has 0 bridgehead atoms. The summed E-state index contributed by atoms with van der Waals surface area (Å²) in [7, 11) is -1.88. The van der Waals surface area contributed by atoms with E-state index in [2.05, 4.69) is 29.1 Å². The van der Waals surface area contributed by atoms with Gasteiger partial charge >= 0.3 is 7.82 Å². The summed E-state index contributed by atoms with van der Waals surface area (Å²) in [5, 5.41) is 25.1. The van der Waals surface area contributed by atoms with Crippen molar-refractivity contribution in [2.24, 2.45) is 0 Å². The van der Waals surface area contributed by atoms with Gasteiger partial charge in [-0.3, -0.25) is 9.05 Å². The van der Waals surface area contributed by atoms with Crippen molar-refractivity contribution in [2.45, 2.75) is 160 Å². The fraction of sp³-hybridized carbons (Fsp3) is 0.608. The molecule has 1 saturated heterocycles. The Balaban J connectivity index is 1.23. The molecule has 1 aliphatic heterocycles. The van der Waals surface area contributed by atoms with E-state index in [4.69, 9.17) is 59.3 Å². The number of phosphoric ester groups is 1. The van der Waals surface area contributed by atoms with E-state index in [9.17, 15) is 15.1 Å². The first-order chi connectivity index (χ1) is 33.4. The molecule has 1 fully saturated rings. The lowest BCUT2D eigenvalue weighted by atomic mass is 9.93. The number of unbranched alkanes of at least 4 members (excludes halogenated alkanes) is 15. The molecule has 18 heteroatoms. The number of ether oxygens (including phenoxy) is 6. The van der Waals surface area contributed by atoms with Crippen LogP contribution in [0.25, 0.3) is 5.52 Å². The van der Waals surface area contributed by atoms with Gasteiger partial charge in [0.15, 0.2) is 11.6 Å². The largest absolute Gasteiger partial charge is 0.530 e. The zero-order valence-corrected chi connectivity index (χ0v) is 42.7. The highest BCUT2D eigenvalue weighted by Gasteiger charge is 2.56. The lowest BCUT2D eigenvalue weighted by Crippen LogP contribution is -2.50. The first-order valence-corrected chi connectivity index (χ1v) is 26.2. The van der Waals surface area contributed by atoms with E-state index in [0.717, 1.165) is 19.3 Å². The highest BCUT2D eigenvalue weighted by atomic mass is 35.5. The lowest BCUT2D eigenvalue weighted by molar-refractivity contribution is -0.171. The highest BCUT2D eigenvalue weighted by Crippen LogP contribution is 2.53. The summed E-state index contributed by atoms with van der Waals surface area (Å²) in [4.78, 5) is 4.07. The minimum absolute atomic E-state index is 0.0124. The smallest absolute Gasteiger partial charge is 0.495 e. The van der Waals surface area contributed by atoms with Crippen molar-refractivity contribution in [3.05, 3.63) is 82.8 Å². The van der Waals surface area contributed by atoms with Gasteiger partial charge < -0.3 is 38.7 Å². The van der Waals surface area contributed by atoms with Crippen molar-refractivity contribution in [1.82, 2.24) is 14.6 Å². The minimum atomic E-state index is -4.69. The number of benzene rings is 2. The van der Waals surface area contributed by atoms with Gasteiger partial charge in [0.1, 0.15) is 60.4 Å². The summed E-state index contributed by atoms with van der Waals surface area (Å²) in [6.07, 6.45) is 18.7. The number of phosphoric acid groups is 1. The Morgan fingerprint density at radius 3 is 2.16 bits per heavy atom. The van der Waals surface area contributed by atoms with Crippen LogP contribution in [0.4, 0.5) is 5.82 Å². The molecule has 0 saturated carbocycles. The molecule has 0 amide bonds. The molecular weight excluding hydrogens is 923 g/mol. The minimum Gasteiger partial charge on any atom is -0.495 e. The number of hydrogen-bond donors (Lipinski definition) is 1. The first kappa shape index (κ1) is 55.6. The SMILES string of the molecule is CCCCCCCCCCCCCCCCCCOC[C@H](COP(=O)(OC[C@@](C#N)(OC)[C@H]1OC(C)(C)O[C@H]1c1ccc2c(N)ncnn12)Oc1ccccc1Cl)OCc1ccc(OC)c(C#N)c1. The van der Waals surface area contributed by atoms with Crippen LogP contribution in [0.2, 0.25) is 5.02 Å². The Kier molecular flexibility index (Phi) is 23.0. The second-order valence-electron chi connectivity index (χ2n) is 17.9. The lowest BCUT2D eigenvalue weighted by Gasteiger charge is -2.33. The number of nitrogens with two attached hydrogens (primary N) is 1. The van der Waals surface area contributed by atoms with Gasteiger partial charge in [-0.05, 0) is 62.2 Å². The molecule has 1 aliphatic rings. The van der Waals surface area contributed by atoms with Crippen molar-refractivity contribution in [1.29, 1.82) is 10.5 Å². The zero-order chi connectivity index (χ0) is 49.5. The van der Waals surface area contributed by atoms with Crippen LogP contribution in [0, 0.1) is 22.7 Å². The van der Waals surface area contributed by atoms with Crippen LogP contribution in [0.3, 0.4) is 0 Å². The van der Waals surface area contributed by atoms with E-state index in [1.54, 1.807) is 66.9 Å². The van der Waals surface area contributed by atoms with Gasteiger partial charge in [0.2, 0.25) is 5.60 Å². The Hall–Kier alpha value is -4.32. The Morgan fingerprint density at radius 1 is 0.870 bits per heavy atom. The van der Waals surface area contributed by atoms with Gasteiger partial charge in [0.05, 0.1) is 43.2 Å². The second-order valence-corrected chi connectivity index (χ2v) is 19.9. The summed E-state index contributed by atoms with van der Waals surface area (Å²) in [5.74, 6) is -0.515. The monoisotopic (exact) mass is 994 g/mol. The maximum absolute atomic E-state index is 14.9. The van der Waals surface area contributed by atoms with Crippen molar-refractivity contribution >= 4 is 30.8 Å². The quantitative estimate of drug-likeness (QED) is 0.0341. The van der Waals surface area contributed by atoms with Crippen LogP contribution in [-0.4, -0.2) is 78.8 Å². The second kappa shape index (κ2) is 28.5. The van der Waals surface area contributed by atoms with Crippen molar-refractivity contribution in [2.75, 3.05) is 46.4 Å². The molecule has 2 aromatic heterocycles. The molecule has 16 nitrogen and oxygen atoms in total. The molecule has 0 spiro atoms. The summed E-state index contributed by atoms with van der Waals surface area (Å²) in [5.41, 5.74) is 6.24. The van der Waals surface area contributed by atoms with Crippen LogP contribution in [-0.2, 0) is 43.9 Å². The number of fused-ring (bicyclic) bond motifs is 1. The highest BCUT2D eigenvalue weighted by molar-refractivity contribution is 7.49. The van der Waals surface area contributed by atoms with Crippen LogP contribution < -0.4 is 15.0 Å². The molecule has 5 rings (SSSR count). The molecule has 69 heavy (non-hydrogen) atoms. The maximum Gasteiger partial charge on any atom is 0.530 e. The van der Waals surface area contributed by atoms with Gasteiger partial charge in [-0.15, -0.1) is 0 Å². The fourth-order valence-corrected chi connectivity index (χ4v) is 9.75. The normalized spacial score (nSPS) is 17.7. The number of methoxy groups -OCH3 is 2. The van der Waals surface area contributed by atoms with Gasteiger partial charge in [0, 0.05) is 13.7 Å². The van der Waals surface area contributed by atoms with Crippen molar-refractivity contribution in [3.8, 4) is 23.6 Å². The third kappa shape index (κ3) is 16.9. The predicted molar refractivity (Wildman–Crippen MR) is 264 cm³/mol. The summed E-state index contributed by atoms with van der Waals surface area (Å²) < 4.78 is 70.9. The van der Waals surface area contributed by atoms with E-state index in [1.807, 2.05) is 0 Å². The zero-order valence-electron chi connectivity index (χ0n) is 41.1. The summed E-state index contributed by atoms with van der Waals surface area (Å²) in [6, 6.07) is 19.4. The number of anilines is 1. The van der Waals surface area contributed by atoms with Crippen LogP contribution >= 0.6 is 19.4 Å². The average molecular weight is 996 g/mol. The topological polar surface area (TPSA) is 204 Å². The average Bonchev–Trinajstić information content (AvgIpc) is 3.94. The predicted octanol–water partition coefficient (Wildman–Crippen LogP) is 12.0. The van der Waals surface area contributed by atoms with Crippen molar-refractivity contribution in [3.63, 3.8) is 0 Å². The van der Waals surface area contributed by atoms with Crippen LogP contribution in [0.5, 0.6) is 11.5 Å². The number of para-hydroxylation sites is 1. The number of rotatable bonds is 34. The third-order valence-electron chi connectivity index (χ3n) is 12.1. The molecule has 4 aromatic rings. The molecular formula is C51H72ClN6O10P. The summed E-state index contributed by atoms with van der Waals surface area (Å²) >= 11 is 6.49. The Morgan fingerprint density at radius 2 is 1.54 bits per heavy atom. The number of nitrogens with zero attached hydrogens (tertiary/aromatic N) is 5. The molecule has 1 unspecified atom stereocenters.